The summed E-state index contributed by atoms with van der Waals surface area (Å²) in [5.41, 5.74) is 0.548. The summed E-state index contributed by atoms with van der Waals surface area (Å²) in [5, 5.41) is 0. The van der Waals surface area contributed by atoms with E-state index in [4.69, 9.17) is 0 Å². The first-order chi connectivity index (χ1) is 5.45. The summed E-state index contributed by atoms with van der Waals surface area (Å²) in [5.74, 6) is -0.00684. The molecule has 12 heavy (non-hydrogen) atoms. The summed E-state index contributed by atoms with van der Waals surface area (Å²) < 4.78 is 0. The second kappa shape index (κ2) is 4.70. The maximum absolute atomic E-state index is 11.0. The zero-order chi connectivity index (χ0) is 9.72. The molecule has 0 aliphatic heterocycles. The molecule has 0 saturated carbocycles. The van der Waals surface area contributed by atoms with Gasteiger partial charge >= 0.3 is 0 Å². The quantitative estimate of drug-likeness (QED) is 0.589. The van der Waals surface area contributed by atoms with Crippen molar-refractivity contribution in [3.63, 3.8) is 0 Å². The average Bonchev–Trinajstić information content (AvgIpc) is 1.98. The third kappa shape index (κ3) is 3.91. The fourth-order valence-electron chi connectivity index (χ4n) is 0.640. The first-order valence-electron chi connectivity index (χ1n) is 3.85. The van der Waals surface area contributed by atoms with Crippen molar-refractivity contribution in [2.24, 2.45) is 0 Å². The van der Waals surface area contributed by atoms with Gasteiger partial charge in [0.05, 0.1) is 0 Å². The SMILES string of the molecule is C=C(C)C(=O)CCN(C)C(C)=O. The average molecular weight is 169 g/mol. The molecule has 0 rings (SSSR count). The molecule has 0 spiro atoms. The molecule has 1 amide bonds. The van der Waals surface area contributed by atoms with Gasteiger partial charge in [-0.3, -0.25) is 9.59 Å². The molecule has 0 aromatic carbocycles. The molecule has 0 unspecified atom stereocenters. The molecule has 0 aromatic rings. The van der Waals surface area contributed by atoms with Gasteiger partial charge in [-0.05, 0) is 12.5 Å². The van der Waals surface area contributed by atoms with Crippen LogP contribution in [0.4, 0.5) is 0 Å². The molecule has 0 fully saturated rings. The van der Waals surface area contributed by atoms with E-state index in [0.717, 1.165) is 0 Å². The van der Waals surface area contributed by atoms with Crippen molar-refractivity contribution in [2.75, 3.05) is 13.6 Å². The van der Waals surface area contributed by atoms with Crippen molar-refractivity contribution in [2.45, 2.75) is 20.3 Å². The van der Waals surface area contributed by atoms with E-state index < -0.39 is 0 Å². The van der Waals surface area contributed by atoms with Crippen LogP contribution >= 0.6 is 0 Å². The van der Waals surface area contributed by atoms with Crippen molar-refractivity contribution >= 4 is 11.7 Å². The lowest BCUT2D eigenvalue weighted by atomic mass is 10.1. The van der Waals surface area contributed by atoms with Gasteiger partial charge in [-0.25, -0.2) is 0 Å². The summed E-state index contributed by atoms with van der Waals surface area (Å²) in [6.07, 6.45) is 0.366. The molecule has 0 bridgehead atoms. The van der Waals surface area contributed by atoms with E-state index in [1.54, 1.807) is 14.0 Å². The van der Waals surface area contributed by atoms with Crippen LogP contribution in [0.1, 0.15) is 20.3 Å². The number of hydrogen-bond donors (Lipinski definition) is 0. The number of rotatable bonds is 4. The molecule has 0 aliphatic carbocycles. The highest BCUT2D eigenvalue weighted by atomic mass is 16.2. The van der Waals surface area contributed by atoms with Crippen molar-refractivity contribution < 1.29 is 9.59 Å². The third-order valence-electron chi connectivity index (χ3n) is 1.69. The van der Waals surface area contributed by atoms with Crippen molar-refractivity contribution in [3.05, 3.63) is 12.2 Å². The molecule has 0 N–H and O–H groups in total. The molecule has 0 atom stereocenters. The monoisotopic (exact) mass is 169 g/mol. The number of nitrogens with zero attached hydrogens (tertiary/aromatic N) is 1. The summed E-state index contributed by atoms with van der Waals surface area (Å²) in [7, 11) is 1.67. The summed E-state index contributed by atoms with van der Waals surface area (Å²) >= 11 is 0. The Hall–Kier alpha value is -1.12. The second-order valence-corrected chi connectivity index (χ2v) is 2.89. The van der Waals surface area contributed by atoms with Crippen LogP contribution in [0.2, 0.25) is 0 Å². The maximum atomic E-state index is 11.0. The van der Waals surface area contributed by atoms with E-state index in [2.05, 4.69) is 6.58 Å². The van der Waals surface area contributed by atoms with Gasteiger partial charge in [0, 0.05) is 26.9 Å². The normalized spacial score (nSPS) is 9.25. The Labute approximate surface area is 73.1 Å². The van der Waals surface area contributed by atoms with Crippen LogP contribution in [-0.2, 0) is 9.59 Å². The molecule has 0 radical (unpaired) electrons. The number of carbonyl (C=O) groups is 2. The maximum Gasteiger partial charge on any atom is 0.219 e. The van der Waals surface area contributed by atoms with Crippen molar-refractivity contribution in [1.29, 1.82) is 0 Å². The molecule has 68 valence electrons. The predicted molar refractivity (Wildman–Crippen MR) is 47.7 cm³/mol. The smallest absolute Gasteiger partial charge is 0.219 e. The minimum atomic E-state index is -0.0236. The molecule has 0 saturated heterocycles. The highest BCUT2D eigenvalue weighted by Gasteiger charge is 2.06. The second-order valence-electron chi connectivity index (χ2n) is 2.89. The first-order valence-corrected chi connectivity index (χ1v) is 3.85. The van der Waals surface area contributed by atoms with Gasteiger partial charge in [0.2, 0.25) is 5.91 Å². The van der Waals surface area contributed by atoms with E-state index in [1.807, 2.05) is 0 Å². The van der Waals surface area contributed by atoms with Gasteiger partial charge in [0.1, 0.15) is 0 Å². The Morgan fingerprint density at radius 3 is 2.17 bits per heavy atom. The van der Waals surface area contributed by atoms with Gasteiger partial charge in [-0.2, -0.15) is 0 Å². The van der Waals surface area contributed by atoms with Gasteiger partial charge in [0.25, 0.3) is 0 Å². The minimum Gasteiger partial charge on any atom is -0.346 e. The third-order valence-corrected chi connectivity index (χ3v) is 1.69. The van der Waals surface area contributed by atoms with E-state index in [9.17, 15) is 9.59 Å². The largest absolute Gasteiger partial charge is 0.346 e. The predicted octanol–water partition coefficient (Wildman–Crippen LogP) is 1.00. The van der Waals surface area contributed by atoms with E-state index in [1.165, 1.54) is 11.8 Å². The van der Waals surface area contributed by atoms with Gasteiger partial charge in [-0.15, -0.1) is 0 Å². The topological polar surface area (TPSA) is 37.4 Å². The van der Waals surface area contributed by atoms with Crippen LogP contribution in [0.15, 0.2) is 12.2 Å². The number of ketones is 1. The Morgan fingerprint density at radius 1 is 1.33 bits per heavy atom. The van der Waals surface area contributed by atoms with Crippen molar-refractivity contribution in [1.82, 2.24) is 4.90 Å². The van der Waals surface area contributed by atoms with Gasteiger partial charge < -0.3 is 4.90 Å². The Bertz CT molecular complexity index is 209. The minimum absolute atomic E-state index is 0.0168. The summed E-state index contributed by atoms with van der Waals surface area (Å²) in [6, 6.07) is 0. The highest BCUT2D eigenvalue weighted by Crippen LogP contribution is 1.96. The van der Waals surface area contributed by atoms with Crippen LogP contribution < -0.4 is 0 Å². The van der Waals surface area contributed by atoms with Crippen LogP contribution in [-0.4, -0.2) is 30.2 Å². The summed E-state index contributed by atoms with van der Waals surface area (Å²) in [4.78, 5) is 23.3. The Morgan fingerprint density at radius 2 is 1.83 bits per heavy atom. The standard InChI is InChI=1S/C9H15NO2/c1-7(2)9(12)5-6-10(4)8(3)11/h1,5-6H2,2-4H3. The lowest BCUT2D eigenvalue weighted by molar-refractivity contribution is -0.127. The van der Waals surface area contributed by atoms with Crippen molar-refractivity contribution in [3.8, 4) is 0 Å². The number of hydrogen-bond acceptors (Lipinski definition) is 2. The first kappa shape index (κ1) is 10.9. The van der Waals surface area contributed by atoms with Gasteiger partial charge in [-0.1, -0.05) is 6.58 Å². The number of carbonyl (C=O) groups excluding carboxylic acids is 2. The molecule has 0 aliphatic rings. The van der Waals surface area contributed by atoms with Crippen LogP contribution in [0, 0.1) is 0 Å². The number of allylic oxidation sites excluding steroid dienone is 1. The van der Waals surface area contributed by atoms with Gasteiger partial charge in [0.15, 0.2) is 5.78 Å². The molecule has 0 heterocycles. The molecular formula is C9H15NO2. The fraction of sp³-hybridized carbons (Fsp3) is 0.556. The summed E-state index contributed by atoms with van der Waals surface area (Å²) in [6.45, 7) is 7.15. The molecule has 3 heteroatoms. The van der Waals surface area contributed by atoms with E-state index >= 15 is 0 Å². The number of Topliss-reactive ketones (excluding diaryl/α,β-unsaturated/α-hetero) is 1. The number of amides is 1. The van der Waals surface area contributed by atoms with Crippen LogP contribution in [0.3, 0.4) is 0 Å². The Kier molecular flexibility index (Phi) is 4.26. The fourth-order valence-corrected chi connectivity index (χ4v) is 0.640. The molecule has 3 nitrogen and oxygen atoms in total. The lowest BCUT2D eigenvalue weighted by Crippen LogP contribution is -2.26. The zero-order valence-electron chi connectivity index (χ0n) is 7.89. The lowest BCUT2D eigenvalue weighted by Gasteiger charge is -2.13. The van der Waals surface area contributed by atoms with E-state index in [-0.39, 0.29) is 11.7 Å². The van der Waals surface area contributed by atoms with E-state index in [0.29, 0.717) is 18.5 Å². The molecule has 0 aromatic heterocycles. The van der Waals surface area contributed by atoms with Crippen LogP contribution in [0.25, 0.3) is 0 Å². The van der Waals surface area contributed by atoms with Crippen LogP contribution in [0.5, 0.6) is 0 Å². The highest BCUT2D eigenvalue weighted by molar-refractivity contribution is 5.94. The zero-order valence-corrected chi connectivity index (χ0v) is 7.89. The molecular weight excluding hydrogens is 154 g/mol. The Balaban J connectivity index is 3.76.